The second-order valence-corrected chi connectivity index (χ2v) is 3.78. The third-order valence-corrected chi connectivity index (χ3v) is 2.20. The molecule has 2 aromatic rings. The summed E-state index contributed by atoms with van der Waals surface area (Å²) in [6, 6.07) is 7.20. The summed E-state index contributed by atoms with van der Waals surface area (Å²) < 4.78 is 1.66. The lowest BCUT2D eigenvalue weighted by molar-refractivity contribution is -0.134. The highest BCUT2D eigenvalue weighted by Gasteiger charge is 1.97. The van der Waals surface area contributed by atoms with Crippen LogP contribution in [0.25, 0.3) is 0 Å². The number of anilines is 1. The first kappa shape index (κ1) is 16.6. The minimum Gasteiger partial charge on any atom is -0.478 e. The zero-order valence-corrected chi connectivity index (χ0v) is 11.3. The molecule has 114 valence electrons. The Labute approximate surface area is 125 Å². The van der Waals surface area contributed by atoms with Crippen LogP contribution in [0.2, 0.25) is 0 Å². The molecule has 0 aliphatic heterocycles. The summed E-state index contributed by atoms with van der Waals surface area (Å²) in [5.41, 5.74) is 4.52. The minimum absolute atomic E-state index is 0.558. The molecule has 0 saturated carbocycles. The third-order valence-electron chi connectivity index (χ3n) is 2.20. The van der Waals surface area contributed by atoms with Gasteiger partial charge in [0, 0.05) is 30.7 Å². The van der Waals surface area contributed by atoms with Crippen molar-refractivity contribution in [3.63, 3.8) is 0 Å². The molecule has 2 rings (SSSR count). The second kappa shape index (κ2) is 8.69. The number of carbonyl (C=O) groups excluding carboxylic acids is 1. The summed E-state index contributed by atoms with van der Waals surface area (Å²) in [5, 5.41) is 15.6. The quantitative estimate of drug-likeness (QED) is 0.562. The van der Waals surface area contributed by atoms with Gasteiger partial charge in [0.15, 0.2) is 6.29 Å². The Kier molecular flexibility index (Phi) is 6.57. The Bertz CT molecular complexity index is 648. The van der Waals surface area contributed by atoms with Crippen molar-refractivity contribution >= 4 is 23.9 Å². The molecular weight excluding hydrogens is 290 g/mol. The highest BCUT2D eigenvalue weighted by atomic mass is 16.4. The Hall–Kier alpha value is -3.42. The van der Waals surface area contributed by atoms with Gasteiger partial charge in [-0.05, 0) is 24.3 Å². The number of nitrogens with zero attached hydrogens (tertiary/aromatic N) is 2. The zero-order valence-electron chi connectivity index (χ0n) is 11.3. The van der Waals surface area contributed by atoms with Crippen LogP contribution >= 0.6 is 0 Å². The largest absolute Gasteiger partial charge is 0.478 e. The first-order chi connectivity index (χ1) is 10.5. The van der Waals surface area contributed by atoms with Gasteiger partial charge in [-0.3, -0.25) is 19.9 Å². The molecule has 8 nitrogen and oxygen atoms in total. The van der Waals surface area contributed by atoms with E-state index in [-0.39, 0.29) is 0 Å². The molecule has 0 atom stereocenters. The van der Waals surface area contributed by atoms with Crippen LogP contribution in [0.15, 0.2) is 55.0 Å². The first-order valence-electron chi connectivity index (χ1n) is 5.96. The van der Waals surface area contributed by atoms with Gasteiger partial charge in [0.2, 0.25) is 0 Å². The third kappa shape index (κ3) is 6.15. The first-order valence-corrected chi connectivity index (χ1v) is 5.96. The molecule has 0 spiro atoms. The van der Waals surface area contributed by atoms with Crippen LogP contribution in [0.3, 0.4) is 0 Å². The second-order valence-electron chi connectivity index (χ2n) is 3.78. The molecule has 0 aliphatic carbocycles. The molecule has 22 heavy (non-hydrogen) atoms. The molecule has 0 aromatic carbocycles. The number of aliphatic carboxylic acids is 2. The molecule has 0 fully saturated rings. The summed E-state index contributed by atoms with van der Waals surface area (Å²) in [5.74, 6) is -2.51. The van der Waals surface area contributed by atoms with Crippen LogP contribution in [0.5, 0.6) is 0 Å². The number of nitrogens with one attached hydrogen (secondary N) is 1. The number of aldehydes is 1. The van der Waals surface area contributed by atoms with Crippen LogP contribution in [0.4, 0.5) is 5.69 Å². The van der Waals surface area contributed by atoms with Gasteiger partial charge in [0.25, 0.3) is 0 Å². The lowest BCUT2D eigenvalue weighted by Gasteiger charge is -2.08. The van der Waals surface area contributed by atoms with Crippen LogP contribution in [-0.2, 0) is 9.59 Å². The number of carboxylic acids is 2. The number of aromatic nitrogens is 2. The molecule has 0 aliphatic rings. The van der Waals surface area contributed by atoms with E-state index in [9.17, 15) is 14.4 Å². The zero-order chi connectivity index (χ0) is 16.4. The van der Waals surface area contributed by atoms with E-state index < -0.39 is 11.9 Å². The lowest BCUT2D eigenvalue weighted by Crippen LogP contribution is -2.10. The maximum Gasteiger partial charge on any atom is 0.328 e. The Morgan fingerprint density at radius 2 is 1.68 bits per heavy atom. The fraction of sp³-hybridized carbons (Fsp3) is 0. The number of carboxylic acid groups (broad SMARTS) is 2. The number of rotatable bonds is 5. The summed E-state index contributed by atoms with van der Waals surface area (Å²) in [7, 11) is 0. The maximum atomic E-state index is 10.6. The van der Waals surface area contributed by atoms with Gasteiger partial charge < -0.3 is 10.2 Å². The summed E-state index contributed by atoms with van der Waals surface area (Å²) in [6.45, 7) is 0. The van der Waals surface area contributed by atoms with E-state index in [0.29, 0.717) is 17.8 Å². The van der Waals surface area contributed by atoms with Crippen LogP contribution in [-0.4, -0.2) is 38.1 Å². The van der Waals surface area contributed by atoms with Crippen molar-refractivity contribution in [2.45, 2.75) is 0 Å². The molecule has 2 heterocycles. The Morgan fingerprint density at radius 1 is 1.09 bits per heavy atom. The van der Waals surface area contributed by atoms with E-state index >= 15 is 0 Å². The SMILES string of the molecule is O=C(O)C=CC(=O)O.O=Cc1cccn1Nc1ccncc1. The number of hydrogen-bond donors (Lipinski definition) is 3. The van der Waals surface area contributed by atoms with E-state index in [1.54, 1.807) is 35.4 Å². The average Bonchev–Trinajstić information content (AvgIpc) is 2.94. The summed E-state index contributed by atoms with van der Waals surface area (Å²) in [6.07, 6.45) is 7.07. The molecule has 2 aromatic heterocycles. The van der Waals surface area contributed by atoms with Gasteiger partial charge in [-0.2, -0.15) is 0 Å². The lowest BCUT2D eigenvalue weighted by atomic mass is 10.4. The van der Waals surface area contributed by atoms with Crippen molar-refractivity contribution in [3.05, 3.63) is 60.7 Å². The Morgan fingerprint density at radius 3 is 2.18 bits per heavy atom. The molecule has 0 unspecified atom stereocenters. The van der Waals surface area contributed by atoms with Crippen molar-refractivity contribution in [2.24, 2.45) is 0 Å². The van der Waals surface area contributed by atoms with Crippen molar-refractivity contribution < 1.29 is 24.6 Å². The van der Waals surface area contributed by atoms with E-state index in [2.05, 4.69) is 10.4 Å². The minimum atomic E-state index is -1.26. The van der Waals surface area contributed by atoms with Gasteiger partial charge in [-0.1, -0.05) is 0 Å². The average molecular weight is 303 g/mol. The van der Waals surface area contributed by atoms with Gasteiger partial charge in [-0.15, -0.1) is 0 Å². The molecular formula is C14H13N3O5. The van der Waals surface area contributed by atoms with Crippen molar-refractivity contribution in [2.75, 3.05) is 5.43 Å². The highest BCUT2D eigenvalue weighted by Crippen LogP contribution is 2.06. The van der Waals surface area contributed by atoms with Gasteiger partial charge in [0.1, 0.15) is 5.69 Å². The number of carbonyl (C=O) groups is 3. The molecule has 8 heteroatoms. The number of hydrogen-bond acceptors (Lipinski definition) is 5. The monoisotopic (exact) mass is 303 g/mol. The topological polar surface area (TPSA) is 122 Å². The maximum absolute atomic E-state index is 10.6. The van der Waals surface area contributed by atoms with Crippen molar-refractivity contribution in [1.29, 1.82) is 0 Å². The molecule has 3 N–H and O–H groups in total. The molecule has 0 radical (unpaired) electrons. The van der Waals surface area contributed by atoms with E-state index in [0.717, 1.165) is 12.0 Å². The molecule has 0 amide bonds. The Balaban J connectivity index is 0.000000261. The standard InChI is InChI=1S/C10H9N3O.C4H4O4/c14-8-10-2-1-7-13(10)12-9-3-5-11-6-4-9;5-3(6)1-2-4(7)8/h1-8H,(H,11,12);1-2H,(H,5,6)(H,7,8). The van der Waals surface area contributed by atoms with Crippen LogP contribution in [0.1, 0.15) is 10.5 Å². The summed E-state index contributed by atoms with van der Waals surface area (Å²) >= 11 is 0. The smallest absolute Gasteiger partial charge is 0.328 e. The molecule has 0 saturated heterocycles. The summed E-state index contributed by atoms with van der Waals surface area (Å²) in [4.78, 5) is 33.6. The van der Waals surface area contributed by atoms with Gasteiger partial charge in [0.05, 0.1) is 5.69 Å². The fourth-order valence-electron chi connectivity index (χ4n) is 1.30. The molecule has 0 bridgehead atoms. The predicted octanol–water partition coefficient (Wildman–Crippen LogP) is 1.28. The van der Waals surface area contributed by atoms with Gasteiger partial charge >= 0.3 is 11.9 Å². The van der Waals surface area contributed by atoms with E-state index in [1.165, 1.54) is 0 Å². The van der Waals surface area contributed by atoms with Crippen LogP contribution < -0.4 is 5.43 Å². The van der Waals surface area contributed by atoms with E-state index in [4.69, 9.17) is 10.2 Å². The van der Waals surface area contributed by atoms with Crippen molar-refractivity contribution in [1.82, 2.24) is 9.66 Å². The van der Waals surface area contributed by atoms with E-state index in [1.807, 2.05) is 12.1 Å². The van der Waals surface area contributed by atoms with Crippen LogP contribution in [0, 0.1) is 0 Å². The number of pyridine rings is 1. The van der Waals surface area contributed by atoms with Crippen molar-refractivity contribution in [3.8, 4) is 0 Å². The highest BCUT2D eigenvalue weighted by molar-refractivity contribution is 5.89. The van der Waals surface area contributed by atoms with Gasteiger partial charge in [-0.25, -0.2) is 9.59 Å². The fourth-order valence-corrected chi connectivity index (χ4v) is 1.30. The predicted molar refractivity (Wildman–Crippen MR) is 77.5 cm³/mol. The normalized spacial score (nSPS) is 9.64.